The number of nitrogens with zero attached hydrogens (tertiary/aromatic N) is 2. The first-order chi connectivity index (χ1) is 8.46. The molecule has 0 unspecified atom stereocenters. The molecule has 5 nitrogen and oxygen atoms in total. The van der Waals surface area contributed by atoms with Gasteiger partial charge >= 0.3 is 0 Å². The number of carbonyl (C=O) groups is 1. The Kier molecular flexibility index (Phi) is 2.07. The number of hydrogen-bond donors (Lipinski definition) is 1. The minimum atomic E-state index is -2.70. The number of anilines is 1. The van der Waals surface area contributed by atoms with Crippen molar-refractivity contribution in [3.05, 3.63) is 23.8 Å². The summed E-state index contributed by atoms with van der Waals surface area (Å²) in [5, 5.41) is 0. The first-order valence-electron chi connectivity index (χ1n) is 5.28. The Hall–Kier alpha value is -2.18. The van der Waals surface area contributed by atoms with Crippen molar-refractivity contribution < 1.29 is 18.0 Å². The molecule has 1 aromatic heterocycles. The number of benzene rings is 1. The summed E-state index contributed by atoms with van der Waals surface area (Å²) in [5.41, 5.74) is 6.08. The van der Waals surface area contributed by atoms with Crippen molar-refractivity contribution in [2.24, 2.45) is 5.73 Å². The van der Waals surface area contributed by atoms with Crippen molar-refractivity contribution in [1.29, 1.82) is 0 Å². The molecule has 2 N–H and O–H groups in total. The summed E-state index contributed by atoms with van der Waals surface area (Å²) in [5.74, 6) is -3.33. The van der Waals surface area contributed by atoms with Crippen LogP contribution in [0, 0.1) is 0 Å². The molecule has 2 heterocycles. The van der Waals surface area contributed by atoms with Crippen molar-refractivity contribution in [1.82, 2.24) is 4.98 Å². The molecule has 0 aliphatic carbocycles. The summed E-state index contributed by atoms with van der Waals surface area (Å²) in [6, 6.07) is 4.81. The van der Waals surface area contributed by atoms with Crippen LogP contribution in [0.15, 0.2) is 22.6 Å². The van der Waals surface area contributed by atoms with E-state index < -0.39 is 24.9 Å². The molecule has 0 saturated carbocycles. The smallest absolute Gasteiger partial charge is 0.298 e. The molecule has 18 heavy (non-hydrogen) atoms. The minimum Gasteiger partial charge on any atom is -0.423 e. The van der Waals surface area contributed by atoms with Crippen LogP contribution in [0.3, 0.4) is 0 Å². The maximum absolute atomic E-state index is 12.8. The van der Waals surface area contributed by atoms with Crippen LogP contribution in [0.25, 0.3) is 11.1 Å². The molecule has 7 heteroatoms. The maximum atomic E-state index is 12.8. The molecule has 1 saturated heterocycles. The second kappa shape index (κ2) is 3.41. The third-order valence-electron chi connectivity index (χ3n) is 2.79. The summed E-state index contributed by atoms with van der Waals surface area (Å²) in [6.45, 7) is -0.850. The lowest BCUT2D eigenvalue weighted by Gasteiger charge is -2.37. The van der Waals surface area contributed by atoms with E-state index in [0.29, 0.717) is 11.1 Å². The molecule has 94 valence electrons. The molecular weight excluding hydrogens is 244 g/mol. The highest BCUT2D eigenvalue weighted by Crippen LogP contribution is 2.33. The Morgan fingerprint density at radius 2 is 2.17 bits per heavy atom. The minimum absolute atomic E-state index is 0.0876. The van der Waals surface area contributed by atoms with Gasteiger partial charge in [0, 0.05) is 0 Å². The number of carbonyl (C=O) groups excluding carboxylic acids is 1. The molecule has 1 aliphatic rings. The van der Waals surface area contributed by atoms with Gasteiger partial charge in [-0.1, -0.05) is 6.07 Å². The normalized spacial score (nSPS) is 17.8. The Morgan fingerprint density at radius 1 is 1.44 bits per heavy atom. The van der Waals surface area contributed by atoms with E-state index in [4.69, 9.17) is 10.2 Å². The van der Waals surface area contributed by atoms with E-state index in [1.807, 2.05) is 0 Å². The predicted octanol–water partition coefficient (Wildman–Crippen LogP) is 1.38. The van der Waals surface area contributed by atoms with Crippen LogP contribution < -0.4 is 10.6 Å². The molecule has 1 fully saturated rings. The lowest BCUT2D eigenvalue weighted by molar-refractivity contribution is -0.0287. The largest absolute Gasteiger partial charge is 0.423 e. The Morgan fingerprint density at radius 3 is 2.78 bits per heavy atom. The zero-order valence-corrected chi connectivity index (χ0v) is 9.19. The molecule has 1 aromatic carbocycles. The number of nitrogens with two attached hydrogens (primary N) is 1. The van der Waals surface area contributed by atoms with Gasteiger partial charge in [0.2, 0.25) is 0 Å². The zero-order chi connectivity index (χ0) is 12.9. The predicted molar refractivity (Wildman–Crippen MR) is 59.7 cm³/mol. The number of halogens is 2. The van der Waals surface area contributed by atoms with Crippen LogP contribution in [0.5, 0.6) is 0 Å². The summed E-state index contributed by atoms with van der Waals surface area (Å²) in [4.78, 5) is 16.5. The van der Waals surface area contributed by atoms with Crippen molar-refractivity contribution in [3.8, 4) is 0 Å². The first-order valence-corrected chi connectivity index (χ1v) is 5.28. The quantitative estimate of drug-likeness (QED) is 0.877. The Balaban J connectivity index is 2.02. The lowest BCUT2D eigenvalue weighted by Crippen LogP contribution is -2.56. The molecule has 1 aliphatic heterocycles. The van der Waals surface area contributed by atoms with E-state index >= 15 is 0 Å². The van der Waals surface area contributed by atoms with Crippen LogP contribution in [0.1, 0.15) is 10.4 Å². The van der Waals surface area contributed by atoms with E-state index in [-0.39, 0.29) is 11.6 Å². The Bertz CT molecular complexity index is 630. The number of oxazole rings is 1. The molecule has 0 spiro atoms. The van der Waals surface area contributed by atoms with E-state index in [2.05, 4.69) is 4.98 Å². The van der Waals surface area contributed by atoms with Gasteiger partial charge in [-0.15, -0.1) is 0 Å². The van der Waals surface area contributed by atoms with Gasteiger partial charge in [-0.3, -0.25) is 4.79 Å². The number of aromatic nitrogens is 1. The molecule has 3 rings (SSSR count). The second-order valence-electron chi connectivity index (χ2n) is 4.23. The average molecular weight is 253 g/mol. The van der Waals surface area contributed by atoms with Gasteiger partial charge < -0.3 is 15.1 Å². The second-order valence-corrected chi connectivity index (χ2v) is 4.23. The van der Waals surface area contributed by atoms with Gasteiger partial charge in [0.15, 0.2) is 5.58 Å². The first kappa shape index (κ1) is 10.9. The van der Waals surface area contributed by atoms with Crippen LogP contribution in [0.2, 0.25) is 0 Å². The number of primary amides is 1. The van der Waals surface area contributed by atoms with Crippen LogP contribution >= 0.6 is 0 Å². The zero-order valence-electron chi connectivity index (χ0n) is 9.19. The summed E-state index contributed by atoms with van der Waals surface area (Å²) in [7, 11) is 0. The van der Waals surface area contributed by atoms with E-state index in [1.165, 1.54) is 11.0 Å². The number of fused-ring (bicyclic) bond motifs is 1. The van der Waals surface area contributed by atoms with Gasteiger partial charge in [-0.25, -0.2) is 8.78 Å². The SMILES string of the molecule is NC(=O)c1cccc2oc(N3CC(F)(F)C3)nc12. The molecular formula is C11H9F2N3O2. The molecule has 0 radical (unpaired) electrons. The number of rotatable bonds is 2. The highest BCUT2D eigenvalue weighted by Gasteiger charge is 2.46. The van der Waals surface area contributed by atoms with E-state index in [0.717, 1.165) is 0 Å². The lowest BCUT2D eigenvalue weighted by atomic mass is 10.2. The molecule has 0 bridgehead atoms. The van der Waals surface area contributed by atoms with Gasteiger partial charge in [-0.05, 0) is 12.1 Å². The number of amides is 1. The van der Waals surface area contributed by atoms with Crippen molar-refractivity contribution in [3.63, 3.8) is 0 Å². The third-order valence-corrected chi connectivity index (χ3v) is 2.79. The monoisotopic (exact) mass is 253 g/mol. The van der Waals surface area contributed by atoms with E-state index in [9.17, 15) is 13.6 Å². The molecule has 2 aromatic rings. The summed E-state index contributed by atoms with van der Waals surface area (Å²) >= 11 is 0. The fourth-order valence-electron chi connectivity index (χ4n) is 1.92. The average Bonchev–Trinajstić information content (AvgIpc) is 2.68. The fourth-order valence-corrected chi connectivity index (χ4v) is 1.92. The number of alkyl halides is 2. The fraction of sp³-hybridized carbons (Fsp3) is 0.273. The van der Waals surface area contributed by atoms with Gasteiger partial charge in [0.05, 0.1) is 18.7 Å². The van der Waals surface area contributed by atoms with Crippen LogP contribution in [0.4, 0.5) is 14.8 Å². The van der Waals surface area contributed by atoms with Crippen molar-refractivity contribution in [2.75, 3.05) is 18.0 Å². The highest BCUT2D eigenvalue weighted by atomic mass is 19.3. The Labute approximate surface area is 100 Å². The van der Waals surface area contributed by atoms with E-state index in [1.54, 1.807) is 12.1 Å². The van der Waals surface area contributed by atoms with Crippen LogP contribution in [-0.4, -0.2) is 29.9 Å². The van der Waals surface area contributed by atoms with Gasteiger partial charge in [-0.2, -0.15) is 4.98 Å². The topological polar surface area (TPSA) is 72.4 Å². The van der Waals surface area contributed by atoms with Crippen molar-refractivity contribution in [2.45, 2.75) is 5.92 Å². The highest BCUT2D eigenvalue weighted by molar-refractivity contribution is 6.03. The summed E-state index contributed by atoms with van der Waals surface area (Å²) < 4.78 is 30.8. The number of hydrogen-bond acceptors (Lipinski definition) is 4. The standard InChI is InChI=1S/C11H9F2N3O2/c12-11(13)4-16(5-11)10-15-8-6(9(14)17)2-1-3-7(8)18-10/h1-3H,4-5H2,(H2,14,17). The number of para-hydroxylation sites is 1. The molecule has 0 atom stereocenters. The van der Waals surface area contributed by atoms with Crippen LogP contribution in [-0.2, 0) is 0 Å². The summed E-state index contributed by atoms with van der Waals surface area (Å²) in [6.07, 6.45) is 0. The molecule has 1 amide bonds. The third kappa shape index (κ3) is 1.59. The van der Waals surface area contributed by atoms with Gasteiger partial charge in [0.25, 0.3) is 17.8 Å². The van der Waals surface area contributed by atoms with Crippen molar-refractivity contribution >= 4 is 23.0 Å². The van der Waals surface area contributed by atoms with Gasteiger partial charge in [0.1, 0.15) is 5.52 Å². The maximum Gasteiger partial charge on any atom is 0.298 e.